The number of halogens is 1. The number of anilines is 1. The number of hydrogen-bond donors (Lipinski definition) is 1. The van der Waals surface area contributed by atoms with Crippen molar-refractivity contribution in [1.82, 2.24) is 15.2 Å². The summed E-state index contributed by atoms with van der Waals surface area (Å²) in [6, 6.07) is 4.28. The van der Waals surface area contributed by atoms with Crippen LogP contribution < -0.4 is 10.2 Å². The second kappa shape index (κ2) is 7.82. The summed E-state index contributed by atoms with van der Waals surface area (Å²) in [5, 5.41) is 3.41. The van der Waals surface area contributed by atoms with E-state index in [1.165, 1.54) is 24.8 Å². The predicted molar refractivity (Wildman–Crippen MR) is 97.5 cm³/mol. The third kappa shape index (κ3) is 4.21. The predicted octanol–water partition coefficient (Wildman–Crippen LogP) is 2.08. The summed E-state index contributed by atoms with van der Waals surface area (Å²) in [4.78, 5) is 13.5. The Labute approximate surface area is 143 Å². The van der Waals surface area contributed by atoms with Gasteiger partial charge in [0.1, 0.15) is 5.82 Å². The molecule has 0 bridgehead atoms. The Hall–Kier alpha value is -1.05. The standard InChI is InChI=1S/C15H23N5.HI/c1-19-10-7-17-15(19)18-12-13-5-6-16-14(11-13)20-8-3-2-4-9-20;/h5-6,11H,2-4,7-10,12H2,1H3,(H,17,18);1H. The molecule has 0 aliphatic carbocycles. The van der Waals surface area contributed by atoms with Crippen molar-refractivity contribution in [2.75, 3.05) is 38.1 Å². The molecule has 6 heteroatoms. The summed E-state index contributed by atoms with van der Waals surface area (Å²) in [5.74, 6) is 2.12. The Balaban J connectivity index is 0.00000161. The lowest BCUT2D eigenvalue weighted by Crippen LogP contribution is -2.35. The number of likely N-dealkylation sites (N-methyl/N-ethyl adjacent to an activating group) is 1. The van der Waals surface area contributed by atoms with Crippen LogP contribution in [-0.2, 0) is 6.54 Å². The average Bonchev–Trinajstić information content (AvgIpc) is 2.92. The first-order chi connectivity index (χ1) is 9.83. The molecule has 0 atom stereocenters. The number of pyridine rings is 1. The number of guanidine groups is 1. The van der Waals surface area contributed by atoms with Crippen LogP contribution in [0.3, 0.4) is 0 Å². The van der Waals surface area contributed by atoms with E-state index in [1.807, 2.05) is 6.20 Å². The molecule has 21 heavy (non-hydrogen) atoms. The number of hydrogen-bond acceptors (Lipinski definition) is 5. The van der Waals surface area contributed by atoms with E-state index in [0.717, 1.165) is 44.5 Å². The lowest BCUT2D eigenvalue weighted by molar-refractivity contribution is 0.534. The van der Waals surface area contributed by atoms with Crippen LogP contribution in [0.4, 0.5) is 5.82 Å². The van der Waals surface area contributed by atoms with E-state index in [1.54, 1.807) is 0 Å². The molecule has 3 rings (SSSR count). The van der Waals surface area contributed by atoms with Gasteiger partial charge in [-0.05, 0) is 37.0 Å². The van der Waals surface area contributed by atoms with E-state index in [0.29, 0.717) is 0 Å². The van der Waals surface area contributed by atoms with Crippen molar-refractivity contribution in [2.45, 2.75) is 25.8 Å². The van der Waals surface area contributed by atoms with Gasteiger partial charge < -0.3 is 15.1 Å². The highest BCUT2D eigenvalue weighted by Crippen LogP contribution is 2.18. The second-order valence-corrected chi connectivity index (χ2v) is 5.55. The fourth-order valence-corrected chi connectivity index (χ4v) is 2.77. The molecular weight excluding hydrogens is 377 g/mol. The maximum absolute atomic E-state index is 4.52. The number of rotatable bonds is 3. The molecule has 3 heterocycles. The lowest BCUT2D eigenvalue weighted by Gasteiger charge is -2.28. The van der Waals surface area contributed by atoms with Crippen LogP contribution in [0.25, 0.3) is 0 Å². The molecule has 1 aromatic heterocycles. The van der Waals surface area contributed by atoms with Crippen LogP contribution in [0.15, 0.2) is 23.3 Å². The fourth-order valence-electron chi connectivity index (χ4n) is 2.77. The molecule has 0 saturated carbocycles. The van der Waals surface area contributed by atoms with Crippen LogP contribution in [0, 0.1) is 0 Å². The van der Waals surface area contributed by atoms with Gasteiger partial charge >= 0.3 is 0 Å². The van der Waals surface area contributed by atoms with Gasteiger partial charge in [-0.15, -0.1) is 24.0 Å². The lowest BCUT2D eigenvalue weighted by atomic mass is 10.1. The summed E-state index contributed by atoms with van der Waals surface area (Å²) in [7, 11) is 2.07. The zero-order chi connectivity index (χ0) is 13.8. The third-order valence-electron chi connectivity index (χ3n) is 4.00. The summed E-state index contributed by atoms with van der Waals surface area (Å²) < 4.78 is 0. The van der Waals surface area contributed by atoms with Gasteiger partial charge in [0, 0.05) is 39.4 Å². The average molecular weight is 401 g/mol. The molecule has 1 saturated heterocycles. The molecule has 0 unspecified atom stereocenters. The molecule has 2 aliphatic rings. The highest BCUT2D eigenvalue weighted by atomic mass is 127. The third-order valence-corrected chi connectivity index (χ3v) is 4.00. The van der Waals surface area contributed by atoms with E-state index >= 15 is 0 Å². The minimum atomic E-state index is 0. The Morgan fingerprint density at radius 1 is 1.19 bits per heavy atom. The molecule has 1 aromatic rings. The number of piperidine rings is 1. The second-order valence-electron chi connectivity index (χ2n) is 5.55. The smallest absolute Gasteiger partial charge is 0.194 e. The molecule has 0 amide bonds. The fraction of sp³-hybridized carbons (Fsp3) is 0.600. The number of aliphatic imine (C=N–C) groups is 1. The monoisotopic (exact) mass is 401 g/mol. The number of aromatic nitrogens is 1. The van der Waals surface area contributed by atoms with E-state index < -0.39 is 0 Å². The van der Waals surface area contributed by atoms with Gasteiger partial charge in [-0.25, -0.2) is 4.98 Å². The molecule has 0 spiro atoms. The van der Waals surface area contributed by atoms with Crippen molar-refractivity contribution in [1.29, 1.82) is 0 Å². The zero-order valence-corrected chi connectivity index (χ0v) is 14.9. The van der Waals surface area contributed by atoms with E-state index in [-0.39, 0.29) is 24.0 Å². The van der Waals surface area contributed by atoms with Crippen molar-refractivity contribution in [3.8, 4) is 0 Å². The van der Waals surface area contributed by atoms with Crippen LogP contribution in [0.2, 0.25) is 0 Å². The van der Waals surface area contributed by atoms with Gasteiger partial charge in [-0.2, -0.15) is 0 Å². The highest BCUT2D eigenvalue weighted by Gasteiger charge is 2.14. The largest absolute Gasteiger partial charge is 0.357 e. The molecule has 1 fully saturated rings. The number of nitrogens with one attached hydrogen (secondary N) is 1. The Bertz CT molecular complexity index is 485. The van der Waals surface area contributed by atoms with Crippen LogP contribution in [0.1, 0.15) is 24.8 Å². The minimum Gasteiger partial charge on any atom is -0.357 e. The van der Waals surface area contributed by atoms with E-state index in [4.69, 9.17) is 0 Å². The van der Waals surface area contributed by atoms with Crippen molar-refractivity contribution in [2.24, 2.45) is 4.99 Å². The molecule has 1 N–H and O–H groups in total. The van der Waals surface area contributed by atoms with Gasteiger partial charge in [0.15, 0.2) is 5.96 Å². The normalized spacial score (nSPS) is 18.2. The summed E-state index contributed by atoms with van der Waals surface area (Å²) in [5.41, 5.74) is 1.27. The summed E-state index contributed by atoms with van der Waals surface area (Å²) in [6.45, 7) is 5.00. The first-order valence-corrected chi connectivity index (χ1v) is 7.52. The molecule has 5 nitrogen and oxygen atoms in total. The van der Waals surface area contributed by atoms with Crippen LogP contribution in [-0.4, -0.2) is 49.1 Å². The van der Waals surface area contributed by atoms with E-state index in [2.05, 4.69) is 44.3 Å². The maximum atomic E-state index is 4.52. The van der Waals surface area contributed by atoms with Gasteiger partial charge in [0.05, 0.1) is 6.54 Å². The molecule has 2 aliphatic heterocycles. The Kier molecular flexibility index (Phi) is 6.08. The van der Waals surface area contributed by atoms with Crippen molar-refractivity contribution < 1.29 is 0 Å². The topological polar surface area (TPSA) is 43.8 Å². The molecule has 0 radical (unpaired) electrons. The Morgan fingerprint density at radius 2 is 2.00 bits per heavy atom. The van der Waals surface area contributed by atoms with Crippen molar-refractivity contribution >= 4 is 35.8 Å². The van der Waals surface area contributed by atoms with Crippen molar-refractivity contribution in [3.63, 3.8) is 0 Å². The molecule has 0 aromatic carbocycles. The first-order valence-electron chi connectivity index (χ1n) is 7.52. The Morgan fingerprint density at radius 3 is 2.71 bits per heavy atom. The summed E-state index contributed by atoms with van der Waals surface area (Å²) in [6.07, 6.45) is 5.84. The summed E-state index contributed by atoms with van der Waals surface area (Å²) >= 11 is 0. The van der Waals surface area contributed by atoms with Gasteiger partial charge in [-0.3, -0.25) is 4.99 Å². The number of nitrogens with zero attached hydrogens (tertiary/aromatic N) is 4. The SMILES string of the molecule is CN1CCN=C1NCc1ccnc(N2CCCCC2)c1.I. The maximum Gasteiger partial charge on any atom is 0.194 e. The van der Waals surface area contributed by atoms with Gasteiger partial charge in [-0.1, -0.05) is 0 Å². The first kappa shape index (κ1) is 16.3. The van der Waals surface area contributed by atoms with Gasteiger partial charge in [0.25, 0.3) is 0 Å². The zero-order valence-electron chi connectivity index (χ0n) is 12.6. The van der Waals surface area contributed by atoms with Crippen molar-refractivity contribution in [3.05, 3.63) is 23.9 Å². The molecule has 116 valence electrons. The highest BCUT2D eigenvalue weighted by molar-refractivity contribution is 14.0. The van der Waals surface area contributed by atoms with Crippen LogP contribution >= 0.6 is 24.0 Å². The minimum absolute atomic E-state index is 0. The quantitative estimate of drug-likeness (QED) is 0.788. The van der Waals surface area contributed by atoms with Gasteiger partial charge in [0.2, 0.25) is 0 Å². The molecular formula is C15H24IN5. The van der Waals surface area contributed by atoms with E-state index in [9.17, 15) is 0 Å². The van der Waals surface area contributed by atoms with Crippen LogP contribution in [0.5, 0.6) is 0 Å².